The first-order valence-corrected chi connectivity index (χ1v) is 11.0. The van der Waals surface area contributed by atoms with Crippen molar-refractivity contribution in [3.8, 4) is 0 Å². The van der Waals surface area contributed by atoms with E-state index in [0.717, 1.165) is 19.1 Å². The van der Waals surface area contributed by atoms with Gasteiger partial charge in [0, 0.05) is 25.2 Å². The summed E-state index contributed by atoms with van der Waals surface area (Å²) in [5.74, 6) is 0.907. The summed E-state index contributed by atoms with van der Waals surface area (Å²) in [6.07, 6.45) is 8.95. The molecule has 0 unspecified atom stereocenters. The van der Waals surface area contributed by atoms with Crippen LogP contribution in [0.5, 0.6) is 0 Å². The molecule has 5 rings (SSSR count). The lowest BCUT2D eigenvalue weighted by molar-refractivity contribution is -0.123. The van der Waals surface area contributed by atoms with Crippen LogP contribution in [0.15, 0.2) is 30.3 Å². The van der Waals surface area contributed by atoms with Gasteiger partial charge in [-0.2, -0.15) is 0 Å². The van der Waals surface area contributed by atoms with Gasteiger partial charge in [0.1, 0.15) is 0 Å². The molecule has 4 nitrogen and oxygen atoms in total. The summed E-state index contributed by atoms with van der Waals surface area (Å²) in [6.45, 7) is 5.28. The number of hydrogen-bond acceptors (Lipinski definition) is 3. The van der Waals surface area contributed by atoms with Crippen molar-refractivity contribution in [3.05, 3.63) is 35.9 Å². The van der Waals surface area contributed by atoms with E-state index in [9.17, 15) is 4.79 Å². The maximum Gasteiger partial charge on any atom is 0.234 e. The fourth-order valence-corrected chi connectivity index (χ4v) is 5.35. The molecule has 2 heterocycles. The number of carbonyl (C=O) groups excluding carboxylic acids is 1. The van der Waals surface area contributed by atoms with E-state index >= 15 is 0 Å². The van der Waals surface area contributed by atoms with Crippen LogP contribution in [0, 0.1) is 5.41 Å². The van der Waals surface area contributed by atoms with Crippen LogP contribution in [-0.4, -0.2) is 60.5 Å². The van der Waals surface area contributed by atoms with Gasteiger partial charge in [0.05, 0.1) is 6.54 Å². The van der Waals surface area contributed by atoms with Crippen molar-refractivity contribution in [3.63, 3.8) is 0 Å². The quantitative estimate of drug-likeness (QED) is 0.869. The summed E-state index contributed by atoms with van der Waals surface area (Å²) in [4.78, 5) is 17.3. The molecule has 4 heteroatoms. The molecule has 1 aromatic rings. The van der Waals surface area contributed by atoms with Gasteiger partial charge in [-0.25, -0.2) is 0 Å². The summed E-state index contributed by atoms with van der Waals surface area (Å²) >= 11 is 0. The summed E-state index contributed by atoms with van der Waals surface area (Å²) in [5.41, 5.74) is 1.97. The molecule has 4 fully saturated rings. The predicted octanol–water partition coefficient (Wildman–Crippen LogP) is 3.00. The van der Waals surface area contributed by atoms with E-state index in [1.54, 1.807) is 0 Å². The molecule has 1 spiro atoms. The van der Waals surface area contributed by atoms with Crippen molar-refractivity contribution >= 4 is 5.91 Å². The number of carbonyl (C=O) groups is 1. The van der Waals surface area contributed by atoms with Gasteiger partial charge in [-0.15, -0.1) is 0 Å². The lowest BCUT2D eigenvalue weighted by Gasteiger charge is -2.50. The minimum absolute atomic E-state index is 0.235. The molecule has 27 heavy (non-hydrogen) atoms. The number of nitrogens with zero attached hydrogens (tertiary/aromatic N) is 2. The van der Waals surface area contributed by atoms with Gasteiger partial charge in [0.2, 0.25) is 5.91 Å². The minimum atomic E-state index is 0.235. The standard InChI is InChI=1S/C23H33N3O/c27-22(24-20-6-7-20)16-25-12-10-23(11-13-25)14-19(18-4-2-1-3-5-18)15-26(17-23)21-8-9-21/h1-5,19-21H,6-17H2,(H,24,27)/t19-/m1/s1. The third kappa shape index (κ3) is 4.22. The molecule has 146 valence electrons. The first-order valence-electron chi connectivity index (χ1n) is 11.0. The molecule has 2 saturated carbocycles. The van der Waals surface area contributed by atoms with E-state index in [2.05, 4.69) is 45.4 Å². The second-order valence-corrected chi connectivity index (χ2v) is 9.59. The van der Waals surface area contributed by atoms with E-state index in [1.807, 2.05) is 0 Å². The summed E-state index contributed by atoms with van der Waals surface area (Å²) in [6, 6.07) is 12.5. The zero-order chi connectivity index (χ0) is 18.3. The first kappa shape index (κ1) is 17.7. The third-order valence-corrected chi connectivity index (χ3v) is 7.23. The lowest BCUT2D eigenvalue weighted by atomic mass is 9.68. The van der Waals surface area contributed by atoms with Gasteiger partial charge in [-0.1, -0.05) is 30.3 Å². The zero-order valence-electron chi connectivity index (χ0n) is 16.4. The van der Waals surface area contributed by atoms with Crippen LogP contribution in [0.4, 0.5) is 0 Å². The molecule has 0 radical (unpaired) electrons. The van der Waals surface area contributed by atoms with Crippen molar-refractivity contribution in [2.45, 2.75) is 62.9 Å². The summed E-state index contributed by atoms with van der Waals surface area (Å²) in [5, 5.41) is 3.14. The topological polar surface area (TPSA) is 35.6 Å². The van der Waals surface area contributed by atoms with Crippen molar-refractivity contribution in [1.29, 1.82) is 0 Å². The van der Waals surface area contributed by atoms with Gasteiger partial charge in [0.15, 0.2) is 0 Å². The largest absolute Gasteiger partial charge is 0.352 e. The molecule has 2 aliphatic carbocycles. The molecule has 1 amide bonds. The van der Waals surface area contributed by atoms with E-state index in [1.165, 1.54) is 63.6 Å². The highest BCUT2D eigenvalue weighted by molar-refractivity contribution is 5.78. The summed E-state index contributed by atoms with van der Waals surface area (Å²) < 4.78 is 0. The van der Waals surface area contributed by atoms with Crippen LogP contribution in [-0.2, 0) is 4.79 Å². The van der Waals surface area contributed by atoms with Gasteiger partial charge in [-0.05, 0) is 74.9 Å². The van der Waals surface area contributed by atoms with Gasteiger partial charge < -0.3 is 5.32 Å². The van der Waals surface area contributed by atoms with E-state index in [-0.39, 0.29) is 5.91 Å². The van der Waals surface area contributed by atoms with Crippen LogP contribution < -0.4 is 5.32 Å². The van der Waals surface area contributed by atoms with E-state index < -0.39 is 0 Å². The third-order valence-electron chi connectivity index (χ3n) is 7.23. The van der Waals surface area contributed by atoms with Gasteiger partial charge in [-0.3, -0.25) is 14.6 Å². The average molecular weight is 368 g/mol. The van der Waals surface area contributed by atoms with Crippen molar-refractivity contribution in [2.24, 2.45) is 5.41 Å². The SMILES string of the molecule is O=C(CN1CCC2(CC1)C[C@@H](c1ccccc1)CN(C1CC1)C2)NC1CC1. The Morgan fingerprint density at radius 2 is 1.81 bits per heavy atom. The Balaban J connectivity index is 1.23. The second-order valence-electron chi connectivity index (χ2n) is 9.59. The van der Waals surface area contributed by atoms with Crippen LogP contribution in [0.25, 0.3) is 0 Å². The Morgan fingerprint density at radius 3 is 2.48 bits per heavy atom. The molecular weight excluding hydrogens is 334 g/mol. The number of likely N-dealkylation sites (tertiary alicyclic amines) is 2. The van der Waals surface area contributed by atoms with E-state index in [0.29, 0.717) is 23.9 Å². The van der Waals surface area contributed by atoms with Gasteiger partial charge >= 0.3 is 0 Å². The minimum Gasteiger partial charge on any atom is -0.352 e. The Morgan fingerprint density at radius 1 is 1.07 bits per heavy atom. The highest BCUT2D eigenvalue weighted by Crippen LogP contribution is 2.47. The Bertz CT molecular complexity index is 659. The molecule has 1 atom stereocenters. The van der Waals surface area contributed by atoms with Crippen LogP contribution in [0.1, 0.15) is 56.4 Å². The lowest BCUT2D eigenvalue weighted by Crippen LogP contribution is -2.53. The molecule has 2 aliphatic heterocycles. The van der Waals surface area contributed by atoms with Gasteiger partial charge in [0.25, 0.3) is 0 Å². The first-order chi connectivity index (χ1) is 13.2. The molecule has 0 aromatic heterocycles. The fraction of sp³-hybridized carbons (Fsp3) is 0.696. The Kier molecular flexibility index (Phi) is 4.73. The molecule has 4 aliphatic rings. The molecular formula is C23H33N3O. The number of piperidine rings is 2. The summed E-state index contributed by atoms with van der Waals surface area (Å²) in [7, 11) is 0. The highest BCUT2D eigenvalue weighted by Gasteiger charge is 2.45. The van der Waals surface area contributed by atoms with Crippen LogP contribution >= 0.6 is 0 Å². The normalized spacial score (nSPS) is 29.0. The Labute approximate surface area is 163 Å². The van der Waals surface area contributed by atoms with Crippen molar-refractivity contribution in [2.75, 3.05) is 32.7 Å². The van der Waals surface area contributed by atoms with E-state index in [4.69, 9.17) is 0 Å². The highest BCUT2D eigenvalue weighted by atomic mass is 16.2. The zero-order valence-corrected chi connectivity index (χ0v) is 16.4. The number of rotatable bonds is 5. The maximum absolute atomic E-state index is 12.2. The number of hydrogen-bond donors (Lipinski definition) is 1. The fourth-order valence-electron chi connectivity index (χ4n) is 5.35. The molecule has 0 bridgehead atoms. The monoisotopic (exact) mass is 367 g/mol. The molecule has 2 saturated heterocycles. The number of benzene rings is 1. The molecule has 1 N–H and O–H groups in total. The van der Waals surface area contributed by atoms with Crippen molar-refractivity contribution in [1.82, 2.24) is 15.1 Å². The Hall–Kier alpha value is -1.39. The number of amides is 1. The number of nitrogens with one attached hydrogen (secondary N) is 1. The smallest absolute Gasteiger partial charge is 0.234 e. The van der Waals surface area contributed by atoms with Crippen LogP contribution in [0.2, 0.25) is 0 Å². The predicted molar refractivity (Wildman–Crippen MR) is 108 cm³/mol. The molecule has 1 aromatic carbocycles. The second kappa shape index (κ2) is 7.21. The average Bonchev–Trinajstić information content (AvgIpc) is 3.59. The van der Waals surface area contributed by atoms with Crippen LogP contribution in [0.3, 0.4) is 0 Å². The maximum atomic E-state index is 12.2. The van der Waals surface area contributed by atoms with Crippen molar-refractivity contribution < 1.29 is 4.79 Å².